The molecule has 1 heterocycles. The van der Waals surface area contributed by atoms with Gasteiger partial charge in [-0.15, -0.1) is 11.8 Å². The molecule has 0 aromatic heterocycles. The molecule has 0 spiro atoms. The van der Waals surface area contributed by atoms with E-state index in [9.17, 15) is 8.42 Å². The highest BCUT2D eigenvalue weighted by molar-refractivity contribution is 8.01. The molecule has 0 aliphatic carbocycles. The number of nitrogens with zero attached hydrogens (tertiary/aromatic N) is 1. The molecule has 1 fully saturated rings. The van der Waals surface area contributed by atoms with Crippen LogP contribution in [0.1, 0.15) is 16.5 Å². The molecule has 3 aromatic rings. The molecule has 0 amide bonds. The summed E-state index contributed by atoms with van der Waals surface area (Å²) in [5.74, 6) is 1.51. The van der Waals surface area contributed by atoms with Crippen LogP contribution in [-0.2, 0) is 16.6 Å². The molecular formula is C22H21NO3S2. The number of sulfonamides is 1. The maximum Gasteiger partial charge on any atom is 0.244 e. The second-order valence-corrected chi connectivity index (χ2v) is 9.58. The van der Waals surface area contributed by atoms with Gasteiger partial charge in [0.05, 0.1) is 10.3 Å². The Kier molecular flexibility index (Phi) is 5.71. The fourth-order valence-electron chi connectivity index (χ4n) is 3.19. The van der Waals surface area contributed by atoms with Gasteiger partial charge in [0.15, 0.2) is 0 Å². The molecule has 4 rings (SSSR count). The third kappa shape index (κ3) is 4.09. The van der Waals surface area contributed by atoms with Crippen molar-refractivity contribution in [2.45, 2.75) is 16.9 Å². The minimum atomic E-state index is -3.53. The van der Waals surface area contributed by atoms with Crippen molar-refractivity contribution in [1.82, 2.24) is 4.31 Å². The first-order chi connectivity index (χ1) is 13.6. The van der Waals surface area contributed by atoms with Crippen LogP contribution in [0.15, 0.2) is 89.8 Å². The zero-order valence-corrected chi connectivity index (χ0v) is 16.9. The second-order valence-electron chi connectivity index (χ2n) is 6.50. The summed E-state index contributed by atoms with van der Waals surface area (Å²) in [5, 5.41) is -0.245. The Morgan fingerprint density at radius 3 is 2.39 bits per heavy atom. The van der Waals surface area contributed by atoms with E-state index >= 15 is 0 Å². The SMILES string of the molecule is O=S(=O)(c1ccccc1)N1CCS[C@H]1c1cccc(OCc2ccccc2)c1. The lowest BCUT2D eigenvalue weighted by atomic mass is 10.2. The van der Waals surface area contributed by atoms with Gasteiger partial charge in [0.1, 0.15) is 12.4 Å². The predicted octanol–water partition coefficient (Wildman–Crippen LogP) is 4.70. The molecule has 0 unspecified atom stereocenters. The largest absolute Gasteiger partial charge is 0.489 e. The van der Waals surface area contributed by atoms with E-state index < -0.39 is 10.0 Å². The van der Waals surface area contributed by atoms with Gasteiger partial charge >= 0.3 is 0 Å². The van der Waals surface area contributed by atoms with Crippen LogP contribution in [0.5, 0.6) is 5.75 Å². The van der Waals surface area contributed by atoms with Crippen LogP contribution < -0.4 is 4.74 Å². The summed E-state index contributed by atoms with van der Waals surface area (Å²) in [6.07, 6.45) is 0. The first-order valence-electron chi connectivity index (χ1n) is 9.10. The maximum absolute atomic E-state index is 13.1. The summed E-state index contributed by atoms with van der Waals surface area (Å²) >= 11 is 1.64. The van der Waals surface area contributed by atoms with Crippen molar-refractivity contribution in [3.8, 4) is 5.75 Å². The standard InChI is InChI=1S/C22H21NO3S2/c24-28(25,21-12-5-2-6-13-21)23-14-15-27-22(23)19-10-7-11-20(16-19)26-17-18-8-3-1-4-9-18/h1-13,16,22H,14-15,17H2/t22-/m0/s1. The van der Waals surface area contributed by atoms with E-state index in [4.69, 9.17) is 4.74 Å². The summed E-state index contributed by atoms with van der Waals surface area (Å²) in [6.45, 7) is 0.982. The van der Waals surface area contributed by atoms with Gasteiger partial charge < -0.3 is 4.74 Å². The summed E-state index contributed by atoms with van der Waals surface area (Å²) < 4.78 is 33.7. The molecule has 0 saturated carbocycles. The Morgan fingerprint density at radius 1 is 0.929 bits per heavy atom. The first kappa shape index (κ1) is 19.1. The van der Waals surface area contributed by atoms with Gasteiger partial charge in [-0.2, -0.15) is 4.31 Å². The van der Waals surface area contributed by atoms with Gasteiger partial charge in [-0.05, 0) is 35.4 Å². The molecule has 0 bridgehead atoms. The van der Waals surface area contributed by atoms with Crippen molar-refractivity contribution in [2.75, 3.05) is 12.3 Å². The number of hydrogen-bond acceptors (Lipinski definition) is 4. The van der Waals surface area contributed by atoms with Crippen LogP contribution in [0.4, 0.5) is 0 Å². The summed E-state index contributed by atoms with van der Waals surface area (Å²) in [4.78, 5) is 0.332. The lowest BCUT2D eigenvalue weighted by molar-refractivity contribution is 0.305. The van der Waals surface area contributed by atoms with Crippen molar-refractivity contribution >= 4 is 21.8 Å². The van der Waals surface area contributed by atoms with E-state index in [1.807, 2.05) is 60.7 Å². The fourth-order valence-corrected chi connectivity index (χ4v) is 6.44. The number of benzene rings is 3. The summed E-state index contributed by atoms with van der Waals surface area (Å²) in [5.41, 5.74) is 2.03. The Balaban J connectivity index is 1.55. The van der Waals surface area contributed by atoms with Crippen molar-refractivity contribution in [2.24, 2.45) is 0 Å². The van der Waals surface area contributed by atoms with Crippen LogP contribution in [0.25, 0.3) is 0 Å². The molecule has 144 valence electrons. The van der Waals surface area contributed by atoms with Crippen LogP contribution in [0.2, 0.25) is 0 Å². The van der Waals surface area contributed by atoms with Gasteiger partial charge in [-0.3, -0.25) is 0 Å². The van der Waals surface area contributed by atoms with Crippen molar-refractivity contribution in [1.29, 1.82) is 0 Å². The van der Waals surface area contributed by atoms with E-state index in [0.717, 1.165) is 22.6 Å². The molecule has 4 nitrogen and oxygen atoms in total. The van der Waals surface area contributed by atoms with E-state index in [1.54, 1.807) is 40.3 Å². The topological polar surface area (TPSA) is 46.6 Å². The van der Waals surface area contributed by atoms with Crippen LogP contribution in [0.3, 0.4) is 0 Å². The van der Waals surface area contributed by atoms with E-state index in [1.165, 1.54) is 0 Å². The molecule has 0 radical (unpaired) electrons. The highest BCUT2D eigenvalue weighted by atomic mass is 32.2. The van der Waals surface area contributed by atoms with Crippen LogP contribution in [0, 0.1) is 0 Å². The average Bonchev–Trinajstić information content (AvgIpc) is 3.25. The number of hydrogen-bond donors (Lipinski definition) is 0. The summed E-state index contributed by atoms with van der Waals surface area (Å²) in [6, 6.07) is 26.3. The molecule has 0 N–H and O–H groups in total. The molecule has 6 heteroatoms. The molecule has 3 aromatic carbocycles. The number of ether oxygens (including phenoxy) is 1. The van der Waals surface area contributed by atoms with Gasteiger partial charge in [0.25, 0.3) is 0 Å². The normalized spacial score (nSPS) is 17.5. The third-order valence-electron chi connectivity index (χ3n) is 4.59. The Hall–Kier alpha value is -2.28. The smallest absolute Gasteiger partial charge is 0.244 e. The molecule has 1 atom stereocenters. The average molecular weight is 412 g/mol. The van der Waals surface area contributed by atoms with Crippen molar-refractivity contribution in [3.63, 3.8) is 0 Å². The maximum atomic E-state index is 13.1. The second kappa shape index (κ2) is 8.39. The molecule has 28 heavy (non-hydrogen) atoms. The quantitative estimate of drug-likeness (QED) is 0.590. The molecular weight excluding hydrogens is 390 g/mol. The highest BCUT2D eigenvalue weighted by Gasteiger charge is 2.36. The van der Waals surface area contributed by atoms with Gasteiger partial charge in [-0.25, -0.2) is 8.42 Å². The van der Waals surface area contributed by atoms with Gasteiger partial charge in [0, 0.05) is 12.3 Å². The predicted molar refractivity (Wildman–Crippen MR) is 113 cm³/mol. The zero-order valence-electron chi connectivity index (χ0n) is 15.3. The molecule has 1 saturated heterocycles. The van der Waals surface area contributed by atoms with Crippen molar-refractivity contribution < 1.29 is 13.2 Å². The minimum absolute atomic E-state index is 0.245. The lowest BCUT2D eigenvalue weighted by Crippen LogP contribution is -2.30. The molecule has 1 aliphatic heterocycles. The third-order valence-corrected chi connectivity index (χ3v) is 7.86. The Morgan fingerprint density at radius 2 is 1.64 bits per heavy atom. The summed E-state index contributed by atoms with van der Waals surface area (Å²) in [7, 11) is -3.53. The van der Waals surface area contributed by atoms with Gasteiger partial charge in [0.2, 0.25) is 10.0 Å². The van der Waals surface area contributed by atoms with Crippen LogP contribution in [-0.4, -0.2) is 25.0 Å². The number of rotatable bonds is 6. The Labute approximate surface area is 170 Å². The van der Waals surface area contributed by atoms with E-state index in [2.05, 4.69) is 0 Å². The van der Waals surface area contributed by atoms with E-state index in [-0.39, 0.29) is 5.37 Å². The monoisotopic (exact) mass is 411 g/mol. The lowest BCUT2D eigenvalue weighted by Gasteiger charge is -2.24. The fraction of sp³-hybridized carbons (Fsp3) is 0.182. The highest BCUT2D eigenvalue weighted by Crippen LogP contribution is 2.42. The first-order valence-corrected chi connectivity index (χ1v) is 11.6. The minimum Gasteiger partial charge on any atom is -0.489 e. The number of thioether (sulfide) groups is 1. The van der Waals surface area contributed by atoms with E-state index in [0.29, 0.717) is 18.0 Å². The zero-order chi connectivity index (χ0) is 19.4. The Bertz CT molecular complexity index is 1020. The van der Waals surface area contributed by atoms with Crippen LogP contribution >= 0.6 is 11.8 Å². The van der Waals surface area contributed by atoms with Gasteiger partial charge in [-0.1, -0.05) is 60.7 Å². The van der Waals surface area contributed by atoms with Crippen molar-refractivity contribution in [3.05, 3.63) is 96.1 Å². The molecule has 1 aliphatic rings.